The molecule has 3 aromatic rings. The fraction of sp³-hybridized carbons (Fsp3) is 0.0667. The standard InChI is InChI=1S/C15H14N2O2S2/c16-13-3-1-2-11(8-13)10-21(18,19)17-14-4-5-15-12(9-14)6-7-20-15/h1-9,17H,10,16H2. The van der Waals surface area contributed by atoms with Gasteiger partial charge < -0.3 is 5.73 Å². The Morgan fingerprint density at radius 3 is 2.76 bits per heavy atom. The predicted molar refractivity (Wildman–Crippen MR) is 88.9 cm³/mol. The molecule has 0 saturated heterocycles. The molecule has 0 bridgehead atoms. The minimum absolute atomic E-state index is 0.0975. The molecule has 108 valence electrons. The third-order valence-corrected chi connectivity index (χ3v) is 5.19. The first-order valence-corrected chi connectivity index (χ1v) is 8.87. The smallest absolute Gasteiger partial charge is 0.236 e. The lowest BCUT2D eigenvalue weighted by Gasteiger charge is -2.08. The zero-order chi connectivity index (χ0) is 14.9. The molecule has 0 aliphatic carbocycles. The number of thiophene rings is 1. The minimum Gasteiger partial charge on any atom is -0.399 e. The second kappa shape index (κ2) is 5.38. The highest BCUT2D eigenvalue weighted by molar-refractivity contribution is 7.91. The molecule has 0 aliphatic rings. The quantitative estimate of drug-likeness (QED) is 0.724. The Hall–Kier alpha value is -2.05. The van der Waals surface area contributed by atoms with Gasteiger partial charge in [0.2, 0.25) is 10.0 Å². The highest BCUT2D eigenvalue weighted by Gasteiger charge is 2.12. The van der Waals surface area contributed by atoms with E-state index < -0.39 is 10.0 Å². The summed E-state index contributed by atoms with van der Waals surface area (Å²) in [7, 11) is -3.46. The summed E-state index contributed by atoms with van der Waals surface area (Å²) in [5.41, 5.74) is 7.46. The molecule has 1 aromatic heterocycles. The van der Waals surface area contributed by atoms with Gasteiger partial charge in [0.15, 0.2) is 0 Å². The molecule has 3 rings (SSSR count). The molecule has 0 radical (unpaired) electrons. The van der Waals surface area contributed by atoms with Gasteiger partial charge in [-0.15, -0.1) is 11.3 Å². The van der Waals surface area contributed by atoms with Gasteiger partial charge in [-0.25, -0.2) is 8.42 Å². The van der Waals surface area contributed by atoms with Gasteiger partial charge in [0.25, 0.3) is 0 Å². The van der Waals surface area contributed by atoms with E-state index in [0.717, 1.165) is 10.1 Å². The Morgan fingerprint density at radius 2 is 1.95 bits per heavy atom. The van der Waals surface area contributed by atoms with Crippen LogP contribution >= 0.6 is 11.3 Å². The van der Waals surface area contributed by atoms with Crippen molar-refractivity contribution in [2.45, 2.75) is 5.75 Å². The van der Waals surface area contributed by atoms with Crippen LogP contribution < -0.4 is 10.5 Å². The van der Waals surface area contributed by atoms with Crippen LogP contribution in [0.15, 0.2) is 53.9 Å². The molecular formula is C15H14N2O2S2. The third kappa shape index (κ3) is 3.34. The van der Waals surface area contributed by atoms with Crippen molar-refractivity contribution in [3.63, 3.8) is 0 Å². The molecule has 0 atom stereocenters. The minimum atomic E-state index is -3.46. The van der Waals surface area contributed by atoms with E-state index in [1.807, 2.05) is 23.6 Å². The van der Waals surface area contributed by atoms with Crippen LogP contribution in [-0.2, 0) is 15.8 Å². The van der Waals surface area contributed by atoms with Gasteiger partial charge in [-0.05, 0) is 52.7 Å². The Bertz CT molecular complexity index is 885. The number of fused-ring (bicyclic) bond motifs is 1. The number of nitrogens with one attached hydrogen (secondary N) is 1. The Kier molecular flexibility index (Phi) is 3.57. The first-order chi connectivity index (χ1) is 10.0. The number of benzene rings is 2. The summed E-state index contributed by atoms with van der Waals surface area (Å²) < 4.78 is 28.1. The monoisotopic (exact) mass is 318 g/mol. The molecule has 3 N–H and O–H groups in total. The van der Waals surface area contributed by atoms with Crippen LogP contribution in [0.3, 0.4) is 0 Å². The highest BCUT2D eigenvalue weighted by atomic mass is 32.2. The average Bonchev–Trinajstić information content (AvgIpc) is 2.84. The Balaban J connectivity index is 1.82. The summed E-state index contributed by atoms with van der Waals surface area (Å²) in [6.07, 6.45) is 0. The molecule has 0 amide bonds. The average molecular weight is 318 g/mol. The van der Waals surface area contributed by atoms with Crippen LogP contribution in [-0.4, -0.2) is 8.42 Å². The SMILES string of the molecule is Nc1cccc(CS(=O)(=O)Nc2ccc3sccc3c2)c1. The van der Waals surface area contributed by atoms with E-state index in [0.29, 0.717) is 16.9 Å². The molecule has 0 spiro atoms. The maximum Gasteiger partial charge on any atom is 0.236 e. The maximum atomic E-state index is 12.2. The van der Waals surface area contributed by atoms with E-state index in [1.54, 1.807) is 41.7 Å². The van der Waals surface area contributed by atoms with Crippen LogP contribution in [0, 0.1) is 0 Å². The molecule has 0 saturated carbocycles. The molecule has 0 unspecified atom stereocenters. The van der Waals surface area contributed by atoms with E-state index in [1.165, 1.54) is 0 Å². The summed E-state index contributed by atoms with van der Waals surface area (Å²) in [5, 5.41) is 3.01. The van der Waals surface area contributed by atoms with Crippen LogP contribution in [0.1, 0.15) is 5.56 Å². The number of nitrogens with two attached hydrogens (primary N) is 1. The number of sulfonamides is 1. The van der Waals surface area contributed by atoms with Gasteiger partial charge in [-0.1, -0.05) is 12.1 Å². The molecule has 21 heavy (non-hydrogen) atoms. The molecule has 1 heterocycles. The van der Waals surface area contributed by atoms with Crippen LogP contribution in [0.25, 0.3) is 10.1 Å². The van der Waals surface area contributed by atoms with Crippen molar-refractivity contribution in [2.75, 3.05) is 10.5 Å². The van der Waals surface area contributed by atoms with Gasteiger partial charge in [0, 0.05) is 16.1 Å². The number of anilines is 2. The largest absolute Gasteiger partial charge is 0.399 e. The Labute approximate surface area is 127 Å². The molecule has 6 heteroatoms. The summed E-state index contributed by atoms with van der Waals surface area (Å²) in [5.74, 6) is -0.0975. The van der Waals surface area contributed by atoms with E-state index in [4.69, 9.17) is 5.73 Å². The van der Waals surface area contributed by atoms with Crippen LogP contribution in [0.5, 0.6) is 0 Å². The third-order valence-electron chi connectivity index (χ3n) is 3.03. The van der Waals surface area contributed by atoms with Crippen molar-refractivity contribution >= 4 is 42.8 Å². The number of hydrogen-bond donors (Lipinski definition) is 2. The van der Waals surface area contributed by atoms with Crippen molar-refractivity contribution in [1.29, 1.82) is 0 Å². The van der Waals surface area contributed by atoms with Crippen molar-refractivity contribution < 1.29 is 8.42 Å². The second-order valence-corrected chi connectivity index (χ2v) is 7.45. The number of hydrogen-bond acceptors (Lipinski definition) is 4. The van der Waals surface area contributed by atoms with Crippen LogP contribution in [0.4, 0.5) is 11.4 Å². The first-order valence-electron chi connectivity index (χ1n) is 6.34. The van der Waals surface area contributed by atoms with Crippen molar-refractivity contribution in [3.8, 4) is 0 Å². The van der Waals surface area contributed by atoms with Gasteiger partial charge in [-0.2, -0.15) is 0 Å². The van der Waals surface area contributed by atoms with Gasteiger partial charge in [-0.3, -0.25) is 4.72 Å². The molecular weight excluding hydrogens is 304 g/mol. The lowest BCUT2D eigenvalue weighted by atomic mass is 10.2. The Morgan fingerprint density at radius 1 is 1.10 bits per heavy atom. The van der Waals surface area contributed by atoms with E-state index in [2.05, 4.69) is 4.72 Å². The lowest BCUT2D eigenvalue weighted by Crippen LogP contribution is -2.15. The van der Waals surface area contributed by atoms with Gasteiger partial charge in [0.1, 0.15) is 0 Å². The van der Waals surface area contributed by atoms with Gasteiger partial charge >= 0.3 is 0 Å². The number of rotatable bonds is 4. The lowest BCUT2D eigenvalue weighted by molar-refractivity contribution is 0.600. The van der Waals surface area contributed by atoms with Gasteiger partial charge in [0.05, 0.1) is 5.75 Å². The van der Waals surface area contributed by atoms with E-state index >= 15 is 0 Å². The van der Waals surface area contributed by atoms with E-state index in [9.17, 15) is 8.42 Å². The van der Waals surface area contributed by atoms with Crippen LogP contribution in [0.2, 0.25) is 0 Å². The fourth-order valence-electron chi connectivity index (χ4n) is 2.15. The molecule has 2 aromatic carbocycles. The summed E-state index contributed by atoms with van der Waals surface area (Å²) >= 11 is 1.63. The zero-order valence-corrected chi connectivity index (χ0v) is 12.7. The zero-order valence-electron chi connectivity index (χ0n) is 11.1. The maximum absolute atomic E-state index is 12.2. The summed E-state index contributed by atoms with van der Waals surface area (Å²) in [6.45, 7) is 0. The highest BCUT2D eigenvalue weighted by Crippen LogP contribution is 2.25. The number of nitrogen functional groups attached to an aromatic ring is 1. The summed E-state index contributed by atoms with van der Waals surface area (Å²) in [6, 6.07) is 14.4. The van der Waals surface area contributed by atoms with Crippen molar-refractivity contribution in [2.24, 2.45) is 0 Å². The molecule has 4 nitrogen and oxygen atoms in total. The molecule has 0 aliphatic heterocycles. The fourth-order valence-corrected chi connectivity index (χ4v) is 4.10. The first kappa shape index (κ1) is 13.9. The normalized spacial score (nSPS) is 11.6. The molecule has 0 fully saturated rings. The second-order valence-electron chi connectivity index (χ2n) is 4.78. The predicted octanol–water partition coefficient (Wildman–Crippen LogP) is 3.43. The van der Waals surface area contributed by atoms with Crippen molar-refractivity contribution in [3.05, 3.63) is 59.5 Å². The van der Waals surface area contributed by atoms with Crippen molar-refractivity contribution in [1.82, 2.24) is 0 Å². The van der Waals surface area contributed by atoms with E-state index in [-0.39, 0.29) is 5.75 Å². The topological polar surface area (TPSA) is 72.2 Å². The summed E-state index contributed by atoms with van der Waals surface area (Å²) in [4.78, 5) is 0.